The number of carbonyl (C=O) groups is 1. The van der Waals surface area contributed by atoms with Gasteiger partial charge in [0.05, 0.1) is 18.2 Å². The van der Waals surface area contributed by atoms with Crippen LogP contribution in [0.5, 0.6) is 5.75 Å². The Morgan fingerprint density at radius 1 is 1.15 bits per heavy atom. The Hall–Kier alpha value is -3.67. The van der Waals surface area contributed by atoms with Gasteiger partial charge in [0.2, 0.25) is 5.89 Å². The molecule has 0 saturated heterocycles. The number of rotatable bonds is 4. The molecule has 0 unspecified atom stereocenters. The molecule has 0 aliphatic rings. The Kier molecular flexibility index (Phi) is 4.30. The molecule has 6 nitrogen and oxygen atoms in total. The smallest absolute Gasteiger partial charge is 0.259 e. The fourth-order valence-electron chi connectivity index (χ4n) is 2.92. The number of amides is 1. The van der Waals surface area contributed by atoms with Crippen LogP contribution in [0.1, 0.15) is 15.9 Å². The van der Waals surface area contributed by atoms with Crippen LogP contribution >= 0.6 is 0 Å². The molecule has 2 heterocycles. The highest BCUT2D eigenvalue weighted by Gasteiger charge is 2.15. The number of benzene rings is 2. The van der Waals surface area contributed by atoms with Gasteiger partial charge in [-0.05, 0) is 48.9 Å². The maximum atomic E-state index is 12.7. The molecule has 2 aromatic heterocycles. The second kappa shape index (κ2) is 6.92. The predicted octanol–water partition coefficient (Wildman–Crippen LogP) is 4.46. The molecule has 0 radical (unpaired) electrons. The number of nitrogens with zero attached hydrogens (tertiary/aromatic N) is 2. The summed E-state index contributed by atoms with van der Waals surface area (Å²) in [5, 5.41) is 2.89. The third-order valence-corrected chi connectivity index (χ3v) is 4.21. The number of aryl methyl sites for hydroxylation is 1. The highest BCUT2D eigenvalue weighted by molar-refractivity contribution is 6.07. The minimum absolute atomic E-state index is 0.245. The maximum absolute atomic E-state index is 12.7. The Labute approximate surface area is 155 Å². The molecule has 1 amide bonds. The summed E-state index contributed by atoms with van der Waals surface area (Å²) in [5.41, 5.74) is 4.10. The van der Waals surface area contributed by atoms with Gasteiger partial charge < -0.3 is 14.5 Å². The van der Waals surface area contributed by atoms with Crippen molar-refractivity contribution in [3.8, 4) is 17.2 Å². The second-order valence-corrected chi connectivity index (χ2v) is 6.05. The monoisotopic (exact) mass is 359 g/mol. The summed E-state index contributed by atoms with van der Waals surface area (Å²) in [5.74, 6) is 0.809. The van der Waals surface area contributed by atoms with Crippen molar-refractivity contribution in [2.75, 3.05) is 12.4 Å². The Morgan fingerprint density at radius 2 is 2.04 bits per heavy atom. The number of nitrogens with one attached hydrogen (secondary N) is 1. The molecule has 2 aromatic carbocycles. The third kappa shape index (κ3) is 3.25. The Morgan fingerprint density at radius 3 is 2.81 bits per heavy atom. The van der Waals surface area contributed by atoms with E-state index < -0.39 is 0 Å². The number of ether oxygens (including phenoxy) is 1. The number of pyridine rings is 1. The minimum Gasteiger partial charge on any atom is -0.496 e. The normalized spacial score (nSPS) is 10.7. The molecule has 0 aliphatic carbocycles. The summed E-state index contributed by atoms with van der Waals surface area (Å²) >= 11 is 0. The fourth-order valence-corrected chi connectivity index (χ4v) is 2.92. The zero-order valence-electron chi connectivity index (χ0n) is 14.9. The van der Waals surface area contributed by atoms with Gasteiger partial charge in [0.1, 0.15) is 11.3 Å². The first-order valence-electron chi connectivity index (χ1n) is 8.41. The predicted molar refractivity (Wildman–Crippen MR) is 103 cm³/mol. The molecular weight excluding hydrogens is 342 g/mol. The number of anilines is 1. The van der Waals surface area contributed by atoms with E-state index in [9.17, 15) is 4.79 Å². The first-order chi connectivity index (χ1) is 13.2. The van der Waals surface area contributed by atoms with Crippen molar-refractivity contribution in [3.63, 3.8) is 0 Å². The van der Waals surface area contributed by atoms with Gasteiger partial charge in [-0.3, -0.25) is 9.78 Å². The van der Waals surface area contributed by atoms with Gasteiger partial charge in [0.15, 0.2) is 5.58 Å². The van der Waals surface area contributed by atoms with Crippen LogP contribution in [-0.2, 0) is 0 Å². The van der Waals surface area contributed by atoms with Gasteiger partial charge in [-0.15, -0.1) is 0 Å². The van der Waals surface area contributed by atoms with Crippen LogP contribution in [0.4, 0.5) is 5.69 Å². The zero-order valence-corrected chi connectivity index (χ0v) is 14.9. The van der Waals surface area contributed by atoms with Crippen LogP contribution in [-0.4, -0.2) is 23.0 Å². The van der Waals surface area contributed by atoms with Gasteiger partial charge >= 0.3 is 0 Å². The molecule has 134 valence electrons. The van der Waals surface area contributed by atoms with Crippen molar-refractivity contribution in [2.45, 2.75) is 6.92 Å². The van der Waals surface area contributed by atoms with Crippen molar-refractivity contribution in [3.05, 3.63) is 72.1 Å². The third-order valence-electron chi connectivity index (χ3n) is 4.21. The molecule has 0 aliphatic heterocycles. The number of para-hydroxylation sites is 1. The van der Waals surface area contributed by atoms with Crippen LogP contribution in [0.2, 0.25) is 0 Å². The van der Waals surface area contributed by atoms with Crippen molar-refractivity contribution in [1.29, 1.82) is 0 Å². The Balaban J connectivity index is 1.63. The molecule has 0 fully saturated rings. The highest BCUT2D eigenvalue weighted by atomic mass is 16.5. The lowest BCUT2D eigenvalue weighted by Crippen LogP contribution is -2.13. The quantitative estimate of drug-likeness (QED) is 0.582. The number of hydrogen-bond acceptors (Lipinski definition) is 5. The van der Waals surface area contributed by atoms with Crippen LogP contribution in [0.15, 0.2) is 65.3 Å². The molecular formula is C21H17N3O3. The van der Waals surface area contributed by atoms with Crippen LogP contribution in [0.3, 0.4) is 0 Å². The van der Waals surface area contributed by atoms with Gasteiger partial charge in [-0.2, -0.15) is 0 Å². The van der Waals surface area contributed by atoms with E-state index in [0.717, 1.165) is 11.1 Å². The number of fused-ring (bicyclic) bond motifs is 1. The highest BCUT2D eigenvalue weighted by Crippen LogP contribution is 2.27. The van der Waals surface area contributed by atoms with Gasteiger partial charge in [0, 0.05) is 18.1 Å². The van der Waals surface area contributed by atoms with Crippen molar-refractivity contribution in [1.82, 2.24) is 9.97 Å². The molecule has 0 saturated carbocycles. The molecule has 0 bridgehead atoms. The van der Waals surface area contributed by atoms with E-state index in [1.807, 2.05) is 31.2 Å². The number of oxazole rings is 1. The lowest BCUT2D eigenvalue weighted by atomic mass is 10.1. The van der Waals surface area contributed by atoms with E-state index in [4.69, 9.17) is 9.15 Å². The summed E-state index contributed by atoms with van der Waals surface area (Å²) in [4.78, 5) is 21.2. The Bertz CT molecular complexity index is 1120. The van der Waals surface area contributed by atoms with E-state index >= 15 is 0 Å². The van der Waals surface area contributed by atoms with Crippen LogP contribution in [0.25, 0.3) is 22.6 Å². The molecule has 6 heteroatoms. The lowest BCUT2D eigenvalue weighted by molar-refractivity contribution is 0.102. The van der Waals surface area contributed by atoms with E-state index in [1.54, 1.807) is 43.8 Å². The summed E-state index contributed by atoms with van der Waals surface area (Å²) < 4.78 is 11.1. The van der Waals surface area contributed by atoms with Crippen molar-refractivity contribution in [2.24, 2.45) is 0 Å². The molecule has 0 spiro atoms. The average Bonchev–Trinajstić information content (AvgIpc) is 3.12. The largest absolute Gasteiger partial charge is 0.496 e. The lowest BCUT2D eigenvalue weighted by Gasteiger charge is -2.11. The van der Waals surface area contributed by atoms with Crippen molar-refractivity contribution >= 4 is 22.7 Å². The van der Waals surface area contributed by atoms with Gasteiger partial charge in [0.25, 0.3) is 5.91 Å². The first kappa shape index (κ1) is 16.8. The standard InChI is InChI=1S/C21H17N3O3/c1-13-5-3-7-16(19(13)26-2)20(25)23-15-8-9-18-17(11-15)24-21(27-18)14-6-4-10-22-12-14/h3-12H,1-2H3,(H,23,25). The second-order valence-electron chi connectivity index (χ2n) is 6.05. The van der Waals surface area contributed by atoms with Crippen LogP contribution in [0, 0.1) is 6.92 Å². The van der Waals surface area contributed by atoms with E-state index in [0.29, 0.717) is 34.0 Å². The SMILES string of the molecule is COc1c(C)cccc1C(=O)Nc1ccc2oc(-c3cccnc3)nc2c1. The number of hydrogen-bond donors (Lipinski definition) is 1. The number of carbonyl (C=O) groups excluding carboxylic acids is 1. The fraction of sp³-hybridized carbons (Fsp3) is 0.0952. The van der Waals surface area contributed by atoms with E-state index in [-0.39, 0.29) is 5.91 Å². The molecule has 4 rings (SSSR count). The first-order valence-corrected chi connectivity index (χ1v) is 8.41. The van der Waals surface area contributed by atoms with Gasteiger partial charge in [-0.25, -0.2) is 4.98 Å². The van der Waals surface area contributed by atoms with E-state index in [1.165, 1.54) is 0 Å². The summed E-state index contributed by atoms with van der Waals surface area (Å²) in [7, 11) is 1.56. The summed E-state index contributed by atoms with van der Waals surface area (Å²) in [6.45, 7) is 1.90. The van der Waals surface area contributed by atoms with Crippen LogP contribution < -0.4 is 10.1 Å². The molecule has 1 N–H and O–H groups in total. The summed E-state index contributed by atoms with van der Waals surface area (Å²) in [6, 6.07) is 14.5. The molecule has 0 atom stereocenters. The molecule has 27 heavy (non-hydrogen) atoms. The van der Waals surface area contributed by atoms with Crippen molar-refractivity contribution < 1.29 is 13.9 Å². The average molecular weight is 359 g/mol. The topological polar surface area (TPSA) is 77.2 Å². The minimum atomic E-state index is -0.245. The number of methoxy groups -OCH3 is 1. The van der Waals surface area contributed by atoms with Gasteiger partial charge in [-0.1, -0.05) is 12.1 Å². The molecule has 4 aromatic rings. The summed E-state index contributed by atoms with van der Waals surface area (Å²) in [6.07, 6.45) is 3.39. The van der Waals surface area contributed by atoms with E-state index in [2.05, 4.69) is 15.3 Å². The maximum Gasteiger partial charge on any atom is 0.259 e. The number of aromatic nitrogens is 2. The zero-order chi connectivity index (χ0) is 18.8.